The van der Waals surface area contributed by atoms with Crippen LogP contribution in [0.5, 0.6) is 0 Å². The van der Waals surface area contributed by atoms with E-state index >= 15 is 0 Å². The Morgan fingerprint density at radius 2 is 1.56 bits per heavy atom. The van der Waals surface area contributed by atoms with Crippen LogP contribution >= 0.6 is 0 Å². The second kappa shape index (κ2) is 6.61. The lowest BCUT2D eigenvalue weighted by Crippen LogP contribution is -2.36. The van der Waals surface area contributed by atoms with E-state index in [-0.39, 0.29) is 0 Å². The predicted octanol–water partition coefficient (Wildman–Crippen LogP) is 2.59. The molecule has 2 heterocycles. The van der Waals surface area contributed by atoms with Gasteiger partial charge in [-0.3, -0.25) is 0 Å². The Morgan fingerprint density at radius 3 is 2.19 bits per heavy atom. The van der Waals surface area contributed by atoms with Crippen molar-refractivity contribution in [3.63, 3.8) is 0 Å². The smallest absolute Gasteiger partial charge is 0.00161 e. The molecule has 16 heavy (non-hydrogen) atoms. The van der Waals surface area contributed by atoms with Crippen molar-refractivity contribution in [2.24, 2.45) is 5.92 Å². The standard InChI is InChI=1S/C14H28N2/c1-2-15-11-6-14(7-12-15)8-13-16-9-4-3-5-10-16/h14H,2-13H2,1H3. The summed E-state index contributed by atoms with van der Waals surface area (Å²) in [5.41, 5.74) is 0. The number of rotatable bonds is 4. The molecule has 0 amide bonds. The first kappa shape index (κ1) is 12.4. The fourth-order valence-corrected chi connectivity index (χ4v) is 3.14. The van der Waals surface area contributed by atoms with E-state index in [0.29, 0.717) is 0 Å². The molecule has 0 aromatic heterocycles. The van der Waals surface area contributed by atoms with Crippen LogP contribution in [0.25, 0.3) is 0 Å². The van der Waals surface area contributed by atoms with Crippen LogP contribution in [0.1, 0.15) is 45.4 Å². The van der Waals surface area contributed by atoms with E-state index in [1.807, 2.05) is 0 Å². The molecular weight excluding hydrogens is 196 g/mol. The first-order valence-corrected chi connectivity index (χ1v) is 7.33. The summed E-state index contributed by atoms with van der Waals surface area (Å²) in [5.74, 6) is 1.02. The fourth-order valence-electron chi connectivity index (χ4n) is 3.14. The fraction of sp³-hybridized carbons (Fsp3) is 1.00. The van der Waals surface area contributed by atoms with E-state index < -0.39 is 0 Å². The lowest BCUT2D eigenvalue weighted by Gasteiger charge is -2.33. The lowest BCUT2D eigenvalue weighted by molar-refractivity contribution is 0.160. The zero-order chi connectivity index (χ0) is 11.2. The maximum absolute atomic E-state index is 2.69. The van der Waals surface area contributed by atoms with Gasteiger partial charge in [0.15, 0.2) is 0 Å². The maximum atomic E-state index is 2.69. The van der Waals surface area contributed by atoms with Gasteiger partial charge >= 0.3 is 0 Å². The molecule has 0 aliphatic carbocycles. The maximum Gasteiger partial charge on any atom is -0.00161 e. The van der Waals surface area contributed by atoms with Gasteiger partial charge in [0.2, 0.25) is 0 Å². The SMILES string of the molecule is CCN1CCC(CCN2CCCCC2)CC1. The second-order valence-corrected chi connectivity index (χ2v) is 5.57. The quantitative estimate of drug-likeness (QED) is 0.724. The summed E-state index contributed by atoms with van der Waals surface area (Å²) < 4.78 is 0. The van der Waals surface area contributed by atoms with Gasteiger partial charge in [0, 0.05) is 0 Å². The van der Waals surface area contributed by atoms with Gasteiger partial charge in [0.25, 0.3) is 0 Å². The Morgan fingerprint density at radius 1 is 0.875 bits per heavy atom. The molecule has 2 fully saturated rings. The molecule has 0 atom stereocenters. The number of hydrogen-bond donors (Lipinski definition) is 0. The third-order valence-corrected chi connectivity index (χ3v) is 4.46. The van der Waals surface area contributed by atoms with E-state index in [0.717, 1.165) is 5.92 Å². The van der Waals surface area contributed by atoms with Gasteiger partial charge in [-0.05, 0) is 77.3 Å². The van der Waals surface area contributed by atoms with Gasteiger partial charge in [-0.1, -0.05) is 13.3 Å². The number of hydrogen-bond acceptors (Lipinski definition) is 2. The molecule has 2 aliphatic heterocycles. The van der Waals surface area contributed by atoms with Crippen LogP contribution < -0.4 is 0 Å². The second-order valence-electron chi connectivity index (χ2n) is 5.57. The summed E-state index contributed by atoms with van der Waals surface area (Å²) in [7, 11) is 0. The molecule has 0 bridgehead atoms. The average Bonchev–Trinajstić information content (AvgIpc) is 2.38. The minimum atomic E-state index is 1.02. The van der Waals surface area contributed by atoms with Crippen molar-refractivity contribution in [1.82, 2.24) is 9.80 Å². The van der Waals surface area contributed by atoms with E-state index in [1.165, 1.54) is 77.8 Å². The molecular formula is C14H28N2. The number of nitrogens with zero attached hydrogens (tertiary/aromatic N) is 2. The number of likely N-dealkylation sites (tertiary alicyclic amines) is 2. The third-order valence-electron chi connectivity index (χ3n) is 4.46. The molecule has 2 nitrogen and oxygen atoms in total. The molecule has 0 N–H and O–H groups in total. The van der Waals surface area contributed by atoms with Crippen LogP contribution in [0.3, 0.4) is 0 Å². The highest BCUT2D eigenvalue weighted by Gasteiger charge is 2.19. The van der Waals surface area contributed by atoms with E-state index in [1.54, 1.807) is 0 Å². The van der Waals surface area contributed by atoms with Crippen LogP contribution in [-0.2, 0) is 0 Å². The summed E-state index contributed by atoms with van der Waals surface area (Å²) in [6, 6.07) is 0. The average molecular weight is 224 g/mol. The van der Waals surface area contributed by atoms with Crippen LogP contribution in [-0.4, -0.2) is 49.1 Å². The normalized spacial score (nSPS) is 26.1. The van der Waals surface area contributed by atoms with E-state index in [9.17, 15) is 0 Å². The first-order chi connectivity index (χ1) is 7.88. The molecule has 2 aliphatic rings. The summed E-state index contributed by atoms with van der Waals surface area (Å²) in [6.07, 6.45) is 8.69. The van der Waals surface area contributed by atoms with E-state index in [4.69, 9.17) is 0 Å². The van der Waals surface area contributed by atoms with Gasteiger partial charge in [-0.15, -0.1) is 0 Å². The van der Waals surface area contributed by atoms with E-state index in [2.05, 4.69) is 16.7 Å². The molecule has 0 spiro atoms. The molecule has 2 rings (SSSR count). The van der Waals surface area contributed by atoms with Crippen molar-refractivity contribution in [2.45, 2.75) is 45.4 Å². The van der Waals surface area contributed by atoms with Crippen molar-refractivity contribution in [1.29, 1.82) is 0 Å². The Kier molecular flexibility index (Phi) is 5.11. The van der Waals surface area contributed by atoms with Crippen molar-refractivity contribution in [2.75, 3.05) is 39.3 Å². The molecule has 2 heteroatoms. The minimum absolute atomic E-state index is 1.02. The Balaban J connectivity index is 1.59. The van der Waals surface area contributed by atoms with Crippen LogP contribution in [0, 0.1) is 5.92 Å². The van der Waals surface area contributed by atoms with Gasteiger partial charge in [0.1, 0.15) is 0 Å². The largest absolute Gasteiger partial charge is 0.304 e. The van der Waals surface area contributed by atoms with Crippen molar-refractivity contribution < 1.29 is 0 Å². The van der Waals surface area contributed by atoms with Crippen LogP contribution in [0.2, 0.25) is 0 Å². The Labute approximate surface area is 101 Å². The molecule has 94 valence electrons. The zero-order valence-corrected chi connectivity index (χ0v) is 11.0. The number of piperidine rings is 2. The summed E-state index contributed by atoms with van der Waals surface area (Å²) >= 11 is 0. The lowest BCUT2D eigenvalue weighted by atomic mass is 9.93. The molecule has 0 radical (unpaired) electrons. The highest BCUT2D eigenvalue weighted by Crippen LogP contribution is 2.21. The monoisotopic (exact) mass is 224 g/mol. The minimum Gasteiger partial charge on any atom is -0.304 e. The van der Waals surface area contributed by atoms with Crippen molar-refractivity contribution in [3.05, 3.63) is 0 Å². The van der Waals surface area contributed by atoms with Gasteiger partial charge in [-0.2, -0.15) is 0 Å². The predicted molar refractivity (Wildman–Crippen MR) is 69.7 cm³/mol. The molecule has 0 saturated carbocycles. The third kappa shape index (κ3) is 3.74. The Hall–Kier alpha value is -0.0800. The molecule has 0 unspecified atom stereocenters. The molecule has 0 aromatic carbocycles. The van der Waals surface area contributed by atoms with Crippen molar-refractivity contribution in [3.8, 4) is 0 Å². The van der Waals surface area contributed by atoms with Crippen molar-refractivity contribution >= 4 is 0 Å². The van der Waals surface area contributed by atoms with Gasteiger partial charge < -0.3 is 9.80 Å². The van der Waals surface area contributed by atoms with Gasteiger partial charge in [0.05, 0.1) is 0 Å². The Bertz CT molecular complexity index is 179. The van der Waals surface area contributed by atoms with Crippen LogP contribution in [0.4, 0.5) is 0 Å². The molecule has 0 aromatic rings. The van der Waals surface area contributed by atoms with Gasteiger partial charge in [-0.25, -0.2) is 0 Å². The highest BCUT2D eigenvalue weighted by atomic mass is 15.1. The topological polar surface area (TPSA) is 6.48 Å². The first-order valence-electron chi connectivity index (χ1n) is 7.33. The summed E-state index contributed by atoms with van der Waals surface area (Å²) in [4.78, 5) is 5.28. The highest BCUT2D eigenvalue weighted by molar-refractivity contribution is 4.73. The summed E-state index contributed by atoms with van der Waals surface area (Å²) in [6.45, 7) is 10.3. The molecule has 2 saturated heterocycles. The zero-order valence-electron chi connectivity index (χ0n) is 11.0. The van der Waals surface area contributed by atoms with Crippen LogP contribution in [0.15, 0.2) is 0 Å². The summed E-state index contributed by atoms with van der Waals surface area (Å²) in [5, 5.41) is 0.